The molecule has 4 heterocycles. The molecule has 1 saturated heterocycles. The van der Waals surface area contributed by atoms with Gasteiger partial charge in [-0.3, -0.25) is 30.5 Å². The molecule has 0 spiro atoms. The summed E-state index contributed by atoms with van der Waals surface area (Å²) in [6.45, 7) is 15.7. The van der Waals surface area contributed by atoms with Gasteiger partial charge in [-0.05, 0) is 69.0 Å². The number of ether oxygens (including phenoxy) is 4. The standard InChI is InChI=1S/C36H55N7O6S.C3H7N.4H2/c1-9-12-26(29(44)20-46-8)38-21-47-19-24-17-25(18-43(24)34(45)31(35(2,3)4)39-22-48-23-40-36(5,6)7)49-33-30-27(14-16-50-30)41-32(42-33)28-13-10-11-15-37-28;4-3-1-2-3;;;;/h10-11,13-16,24-26,31,38-40H,9,12,17-23H2,1-8H3;3H,1-2,4H2;4*1H/t24-,25?,26-,31+;;;;;/m0...../s1. The molecule has 3 aromatic heterocycles. The lowest BCUT2D eigenvalue weighted by Gasteiger charge is -2.36. The van der Waals surface area contributed by atoms with E-state index in [0.717, 1.165) is 16.6 Å². The Hall–Kier alpha value is -3.15. The number of hydrogen-bond donors (Lipinski definition) is 4. The third-order valence-electron chi connectivity index (χ3n) is 8.93. The lowest BCUT2D eigenvalue weighted by Crippen LogP contribution is -2.55. The molecule has 1 amide bonds. The van der Waals surface area contributed by atoms with Crippen LogP contribution in [-0.4, -0.2) is 114 Å². The van der Waals surface area contributed by atoms with Crippen molar-refractivity contribution in [3.63, 3.8) is 0 Å². The van der Waals surface area contributed by atoms with Crippen LogP contribution in [0.2, 0.25) is 0 Å². The van der Waals surface area contributed by atoms with Gasteiger partial charge in [0.1, 0.15) is 23.1 Å². The Bertz CT molecular complexity index is 1610. The summed E-state index contributed by atoms with van der Waals surface area (Å²) in [4.78, 5) is 42.7. The van der Waals surface area contributed by atoms with Crippen molar-refractivity contribution in [2.45, 2.75) is 116 Å². The van der Waals surface area contributed by atoms with Gasteiger partial charge < -0.3 is 29.6 Å². The molecule has 1 saturated carbocycles. The average molecular weight is 779 g/mol. The van der Waals surface area contributed by atoms with Gasteiger partial charge in [0.2, 0.25) is 11.8 Å². The minimum absolute atomic E-state index is 0. The molecule has 1 unspecified atom stereocenters. The van der Waals surface area contributed by atoms with Gasteiger partial charge in [-0.2, -0.15) is 4.98 Å². The number of aromatic nitrogens is 3. The first-order valence-corrected chi connectivity index (χ1v) is 19.9. The Morgan fingerprint density at radius 2 is 1.80 bits per heavy atom. The highest BCUT2D eigenvalue weighted by Crippen LogP contribution is 2.33. The fourth-order valence-electron chi connectivity index (χ4n) is 5.82. The fourth-order valence-corrected chi connectivity index (χ4v) is 6.58. The van der Waals surface area contributed by atoms with E-state index in [9.17, 15) is 9.59 Å². The third-order valence-corrected chi connectivity index (χ3v) is 9.82. The summed E-state index contributed by atoms with van der Waals surface area (Å²) in [5.41, 5.74) is 6.15. The number of nitrogens with one attached hydrogen (secondary N) is 3. The molecule has 2 aliphatic rings. The number of carbonyl (C=O) groups excluding carboxylic acids is 2. The van der Waals surface area contributed by atoms with Crippen molar-refractivity contribution in [3.05, 3.63) is 35.8 Å². The van der Waals surface area contributed by atoms with Crippen LogP contribution in [-0.2, 0) is 23.8 Å². The number of amides is 1. The average Bonchev–Trinajstić information content (AvgIpc) is 3.57. The lowest BCUT2D eigenvalue weighted by molar-refractivity contribution is -0.139. The molecule has 1 aliphatic carbocycles. The van der Waals surface area contributed by atoms with Crippen molar-refractivity contribution in [1.82, 2.24) is 35.8 Å². The predicted molar refractivity (Wildman–Crippen MR) is 220 cm³/mol. The summed E-state index contributed by atoms with van der Waals surface area (Å²) in [6, 6.07) is 6.96. The Balaban J connectivity index is 0.00000382. The zero-order chi connectivity index (χ0) is 39.3. The van der Waals surface area contributed by atoms with E-state index in [-0.39, 0.29) is 67.8 Å². The van der Waals surface area contributed by atoms with Crippen LogP contribution in [0.25, 0.3) is 21.7 Å². The summed E-state index contributed by atoms with van der Waals surface area (Å²) >= 11 is 1.51. The number of fused-ring (bicyclic) bond motifs is 1. The Labute approximate surface area is 330 Å². The number of methoxy groups -OCH3 is 1. The van der Waals surface area contributed by atoms with Crippen molar-refractivity contribution in [2.75, 3.05) is 47.1 Å². The zero-order valence-corrected chi connectivity index (χ0v) is 34.2. The molecule has 0 aromatic carbocycles. The number of rotatable bonds is 19. The highest BCUT2D eigenvalue weighted by atomic mass is 32.1. The number of pyridine rings is 1. The highest BCUT2D eigenvalue weighted by Gasteiger charge is 2.43. The molecule has 5 rings (SSSR count). The van der Waals surface area contributed by atoms with Gasteiger partial charge in [0, 0.05) is 37.0 Å². The topological polar surface area (TPSA) is 175 Å². The van der Waals surface area contributed by atoms with Crippen molar-refractivity contribution < 1.29 is 34.2 Å². The molecule has 15 heteroatoms. The van der Waals surface area contributed by atoms with Crippen LogP contribution in [0.15, 0.2) is 35.8 Å². The van der Waals surface area contributed by atoms with E-state index in [1.807, 2.05) is 62.2 Å². The maximum Gasteiger partial charge on any atom is 0.240 e. The number of nitrogens with zero attached hydrogens (tertiary/aromatic N) is 4. The zero-order valence-electron chi connectivity index (χ0n) is 33.4. The first-order valence-electron chi connectivity index (χ1n) is 19.0. The summed E-state index contributed by atoms with van der Waals surface area (Å²) in [6.07, 6.45) is 5.95. The Kier molecular flexibility index (Phi) is 16.7. The van der Waals surface area contributed by atoms with Crippen LogP contribution in [0.5, 0.6) is 5.88 Å². The number of ketones is 1. The summed E-state index contributed by atoms with van der Waals surface area (Å²) in [5, 5.41) is 11.8. The number of likely N-dealkylation sites (tertiary alicyclic amines) is 1. The lowest BCUT2D eigenvalue weighted by atomic mass is 9.85. The number of carbonyl (C=O) groups is 2. The van der Waals surface area contributed by atoms with Gasteiger partial charge >= 0.3 is 0 Å². The summed E-state index contributed by atoms with van der Waals surface area (Å²) < 4.78 is 24.4. The van der Waals surface area contributed by atoms with E-state index in [0.29, 0.717) is 49.6 Å². The molecule has 5 N–H and O–H groups in total. The smallest absolute Gasteiger partial charge is 0.240 e. The van der Waals surface area contributed by atoms with Crippen LogP contribution in [0.4, 0.5) is 0 Å². The van der Waals surface area contributed by atoms with Crippen LogP contribution in [0.1, 0.15) is 86.3 Å². The van der Waals surface area contributed by atoms with Crippen LogP contribution in [0, 0.1) is 5.41 Å². The normalized spacial score (nSPS) is 18.6. The summed E-state index contributed by atoms with van der Waals surface area (Å²) in [7, 11) is 1.51. The van der Waals surface area contributed by atoms with Crippen molar-refractivity contribution in [2.24, 2.45) is 11.1 Å². The SMILES string of the molecule is CCC[C@H](NCOC[C@@H]1CC(Oc2nc(-c3ccccn3)nc3ccsc23)CN1C(=O)[C@@H](NCOCNC(C)(C)C)C(C)(C)C)C(=O)COC.NC1CC1.[HH].[HH].[HH].[HH]. The summed E-state index contributed by atoms with van der Waals surface area (Å²) in [5.74, 6) is 0.870. The Morgan fingerprint density at radius 1 is 1.06 bits per heavy atom. The molecule has 3 aromatic rings. The van der Waals surface area contributed by atoms with E-state index in [4.69, 9.17) is 34.6 Å². The number of Topliss-reactive ketones (excluding diaryl/α,β-unsaturated/α-hetero) is 1. The molecule has 1 aliphatic heterocycles. The molecule has 54 heavy (non-hydrogen) atoms. The van der Waals surface area contributed by atoms with E-state index < -0.39 is 11.5 Å². The van der Waals surface area contributed by atoms with Gasteiger partial charge in [-0.1, -0.05) is 40.2 Å². The second kappa shape index (κ2) is 20.7. The van der Waals surface area contributed by atoms with E-state index in [1.54, 1.807) is 6.20 Å². The number of thiophene rings is 1. The first kappa shape index (κ1) is 43.6. The van der Waals surface area contributed by atoms with Gasteiger partial charge in [0.25, 0.3) is 0 Å². The molecule has 14 nitrogen and oxygen atoms in total. The maximum atomic E-state index is 14.4. The second-order valence-electron chi connectivity index (χ2n) is 16.0. The number of nitrogens with two attached hydrogens (primary N) is 1. The largest absolute Gasteiger partial charge is 0.471 e. The molecule has 0 radical (unpaired) electrons. The molecular formula is C39H70N8O6S. The van der Waals surface area contributed by atoms with Crippen molar-refractivity contribution in [3.8, 4) is 17.4 Å². The third kappa shape index (κ3) is 13.9. The monoisotopic (exact) mass is 779 g/mol. The fraction of sp³-hybridized carbons (Fsp3) is 0.667. The quantitative estimate of drug-likeness (QED) is 0.0893. The molecule has 0 bridgehead atoms. The van der Waals surface area contributed by atoms with Gasteiger partial charge in [-0.15, -0.1) is 11.3 Å². The van der Waals surface area contributed by atoms with E-state index >= 15 is 0 Å². The second-order valence-corrected chi connectivity index (χ2v) is 17.0. The first-order chi connectivity index (χ1) is 25.7. The highest BCUT2D eigenvalue weighted by molar-refractivity contribution is 7.17. The van der Waals surface area contributed by atoms with Crippen molar-refractivity contribution in [1.29, 1.82) is 0 Å². The maximum absolute atomic E-state index is 14.4. The molecular weight excluding hydrogens is 709 g/mol. The minimum atomic E-state index is -0.532. The van der Waals surface area contributed by atoms with E-state index in [1.165, 1.54) is 31.3 Å². The van der Waals surface area contributed by atoms with Crippen LogP contribution < -0.4 is 26.4 Å². The number of hydrogen-bond acceptors (Lipinski definition) is 14. The minimum Gasteiger partial charge on any atom is -0.471 e. The molecule has 2 fully saturated rings. The van der Waals surface area contributed by atoms with Crippen molar-refractivity contribution >= 4 is 33.2 Å². The van der Waals surface area contributed by atoms with Gasteiger partial charge in [-0.25, -0.2) is 4.98 Å². The molecule has 308 valence electrons. The van der Waals surface area contributed by atoms with Gasteiger partial charge in [0.05, 0.1) is 57.0 Å². The van der Waals surface area contributed by atoms with Gasteiger partial charge in [0.15, 0.2) is 11.6 Å². The van der Waals surface area contributed by atoms with Crippen LogP contribution in [0.3, 0.4) is 0 Å². The molecule has 4 atom stereocenters. The predicted octanol–water partition coefficient (Wildman–Crippen LogP) is 5.47. The Morgan fingerprint density at radius 3 is 2.43 bits per heavy atom. The van der Waals surface area contributed by atoms with Crippen LogP contribution >= 0.6 is 11.3 Å². The van der Waals surface area contributed by atoms with E-state index in [2.05, 4.69) is 41.7 Å².